The highest BCUT2D eigenvalue weighted by molar-refractivity contribution is 7.17. The van der Waals surface area contributed by atoms with Gasteiger partial charge >= 0.3 is 0 Å². The lowest BCUT2D eigenvalue weighted by molar-refractivity contribution is 0.754. The van der Waals surface area contributed by atoms with E-state index >= 15 is 0 Å². The SMILES string of the molecule is Cc1ccc(-c2csc3ncn(Cc4cccc5ccccc45)c(=O)c23)cc1C. The van der Waals surface area contributed by atoms with Crippen molar-refractivity contribution in [2.45, 2.75) is 20.4 Å². The van der Waals surface area contributed by atoms with E-state index in [0.29, 0.717) is 11.9 Å². The van der Waals surface area contributed by atoms with E-state index in [4.69, 9.17) is 0 Å². The van der Waals surface area contributed by atoms with Crippen molar-refractivity contribution in [3.63, 3.8) is 0 Å². The minimum atomic E-state index is 0.0115. The second-order valence-electron chi connectivity index (χ2n) is 7.44. The first-order valence-electron chi connectivity index (χ1n) is 9.63. The second kappa shape index (κ2) is 6.98. The van der Waals surface area contributed by atoms with Crippen LogP contribution in [0.15, 0.2) is 77.2 Å². The maximum absolute atomic E-state index is 13.4. The smallest absolute Gasteiger partial charge is 0.263 e. The number of nitrogens with zero attached hydrogens (tertiary/aromatic N) is 2. The van der Waals surface area contributed by atoms with Crippen molar-refractivity contribution < 1.29 is 0 Å². The van der Waals surface area contributed by atoms with Gasteiger partial charge in [-0.1, -0.05) is 60.7 Å². The Hall–Kier alpha value is -3.24. The van der Waals surface area contributed by atoms with E-state index in [1.165, 1.54) is 33.2 Å². The molecule has 0 atom stereocenters. The van der Waals surface area contributed by atoms with Crippen LogP contribution in [0.4, 0.5) is 0 Å². The van der Waals surface area contributed by atoms with E-state index in [-0.39, 0.29) is 5.56 Å². The third kappa shape index (κ3) is 3.06. The molecule has 3 aromatic carbocycles. The number of rotatable bonds is 3. The number of hydrogen-bond acceptors (Lipinski definition) is 3. The molecule has 0 fully saturated rings. The maximum atomic E-state index is 13.4. The highest BCUT2D eigenvalue weighted by Crippen LogP contribution is 2.31. The van der Waals surface area contributed by atoms with Crippen molar-refractivity contribution in [3.8, 4) is 11.1 Å². The third-order valence-electron chi connectivity index (χ3n) is 5.60. The topological polar surface area (TPSA) is 34.9 Å². The number of benzene rings is 3. The number of hydrogen-bond donors (Lipinski definition) is 0. The molecule has 0 aliphatic rings. The summed E-state index contributed by atoms with van der Waals surface area (Å²) < 4.78 is 1.72. The summed E-state index contributed by atoms with van der Waals surface area (Å²) in [6.07, 6.45) is 1.67. The average Bonchev–Trinajstić information content (AvgIpc) is 3.17. The molecule has 5 rings (SSSR count). The average molecular weight is 397 g/mol. The van der Waals surface area contributed by atoms with Gasteiger partial charge in [0, 0.05) is 10.9 Å². The Balaban J connectivity index is 1.65. The lowest BCUT2D eigenvalue weighted by Gasteiger charge is -2.10. The van der Waals surface area contributed by atoms with Gasteiger partial charge < -0.3 is 0 Å². The molecule has 0 saturated heterocycles. The predicted octanol–water partition coefficient (Wildman–Crippen LogP) is 5.94. The molecule has 3 nitrogen and oxygen atoms in total. The van der Waals surface area contributed by atoms with Crippen molar-refractivity contribution in [1.29, 1.82) is 0 Å². The quantitative estimate of drug-likeness (QED) is 0.378. The van der Waals surface area contributed by atoms with Crippen LogP contribution in [0.25, 0.3) is 32.1 Å². The molecule has 142 valence electrons. The summed E-state index contributed by atoms with van der Waals surface area (Å²) in [6.45, 7) is 4.71. The summed E-state index contributed by atoms with van der Waals surface area (Å²) in [7, 11) is 0. The molecule has 0 spiro atoms. The van der Waals surface area contributed by atoms with Crippen LogP contribution < -0.4 is 5.56 Å². The van der Waals surface area contributed by atoms with Gasteiger partial charge in [-0.2, -0.15) is 0 Å². The number of fused-ring (bicyclic) bond motifs is 2. The largest absolute Gasteiger partial charge is 0.294 e. The monoisotopic (exact) mass is 396 g/mol. The van der Waals surface area contributed by atoms with Gasteiger partial charge in [0.25, 0.3) is 5.56 Å². The molecule has 4 heteroatoms. The number of aryl methyl sites for hydroxylation is 2. The van der Waals surface area contributed by atoms with Gasteiger partial charge in [0.05, 0.1) is 18.3 Å². The van der Waals surface area contributed by atoms with Crippen molar-refractivity contribution in [2.24, 2.45) is 0 Å². The van der Waals surface area contributed by atoms with Crippen LogP contribution in [-0.4, -0.2) is 9.55 Å². The first-order valence-corrected chi connectivity index (χ1v) is 10.5. The molecule has 2 heterocycles. The molecule has 0 aliphatic carbocycles. The minimum Gasteiger partial charge on any atom is -0.294 e. The van der Waals surface area contributed by atoms with Gasteiger partial charge in [0.15, 0.2) is 0 Å². The van der Waals surface area contributed by atoms with Gasteiger partial charge in [0.1, 0.15) is 4.83 Å². The van der Waals surface area contributed by atoms with E-state index in [2.05, 4.69) is 61.3 Å². The second-order valence-corrected chi connectivity index (χ2v) is 8.30. The molecular weight excluding hydrogens is 376 g/mol. The molecular formula is C25H20N2OS. The Bertz CT molecular complexity index is 1420. The third-order valence-corrected chi connectivity index (χ3v) is 6.49. The van der Waals surface area contributed by atoms with Crippen LogP contribution in [0, 0.1) is 13.8 Å². The Morgan fingerprint density at radius 1 is 0.966 bits per heavy atom. The first kappa shape index (κ1) is 17.8. The molecule has 0 radical (unpaired) electrons. The molecule has 0 bridgehead atoms. The lowest BCUT2D eigenvalue weighted by Crippen LogP contribution is -2.21. The summed E-state index contributed by atoms with van der Waals surface area (Å²) >= 11 is 1.53. The van der Waals surface area contributed by atoms with Gasteiger partial charge in [-0.15, -0.1) is 11.3 Å². The summed E-state index contributed by atoms with van der Waals surface area (Å²) in [5.41, 5.74) is 5.65. The fourth-order valence-electron chi connectivity index (χ4n) is 3.82. The number of thiophene rings is 1. The molecule has 29 heavy (non-hydrogen) atoms. The van der Waals surface area contributed by atoms with Crippen LogP contribution in [0.2, 0.25) is 0 Å². The van der Waals surface area contributed by atoms with Crippen molar-refractivity contribution in [2.75, 3.05) is 0 Å². The van der Waals surface area contributed by atoms with Gasteiger partial charge in [-0.25, -0.2) is 4.98 Å². The van der Waals surface area contributed by atoms with E-state index < -0.39 is 0 Å². The normalized spacial score (nSPS) is 11.4. The highest BCUT2D eigenvalue weighted by Gasteiger charge is 2.14. The first-order chi connectivity index (χ1) is 14.1. The molecule has 0 unspecified atom stereocenters. The molecule has 0 saturated carbocycles. The van der Waals surface area contributed by atoms with E-state index in [1.54, 1.807) is 10.9 Å². The molecule has 0 N–H and O–H groups in total. The maximum Gasteiger partial charge on any atom is 0.263 e. The molecule has 0 aliphatic heterocycles. The zero-order valence-electron chi connectivity index (χ0n) is 16.3. The number of aromatic nitrogens is 2. The summed E-state index contributed by atoms with van der Waals surface area (Å²) in [4.78, 5) is 18.8. The molecule has 5 aromatic rings. The molecule has 0 amide bonds. The van der Waals surface area contributed by atoms with Crippen molar-refractivity contribution in [3.05, 3.63) is 99.4 Å². The van der Waals surface area contributed by atoms with E-state index in [0.717, 1.165) is 21.5 Å². The standard InChI is InChI=1S/C25H20N2OS/c1-16-10-11-19(12-17(16)2)22-14-29-24-23(22)25(28)27(15-26-24)13-20-8-5-7-18-6-3-4-9-21(18)20/h3-12,14-15H,13H2,1-2H3. The van der Waals surface area contributed by atoms with Crippen molar-refractivity contribution in [1.82, 2.24) is 9.55 Å². The Labute approximate surface area is 172 Å². The van der Waals surface area contributed by atoms with Crippen molar-refractivity contribution >= 4 is 32.3 Å². The summed E-state index contributed by atoms with van der Waals surface area (Å²) in [5.74, 6) is 0. The Kier molecular flexibility index (Phi) is 4.29. The fourth-order valence-corrected chi connectivity index (χ4v) is 4.72. The summed E-state index contributed by atoms with van der Waals surface area (Å²) in [5, 5.41) is 5.10. The van der Waals surface area contributed by atoms with Gasteiger partial charge in [-0.3, -0.25) is 9.36 Å². The van der Waals surface area contributed by atoms with Crippen LogP contribution in [0.5, 0.6) is 0 Å². The Morgan fingerprint density at radius 3 is 2.66 bits per heavy atom. The van der Waals surface area contributed by atoms with Gasteiger partial charge in [-0.05, 0) is 46.9 Å². The highest BCUT2D eigenvalue weighted by atomic mass is 32.1. The summed E-state index contributed by atoms with van der Waals surface area (Å²) in [6, 6.07) is 20.8. The van der Waals surface area contributed by atoms with Crippen LogP contribution in [-0.2, 0) is 6.54 Å². The minimum absolute atomic E-state index is 0.0115. The van der Waals surface area contributed by atoms with Crippen LogP contribution in [0.1, 0.15) is 16.7 Å². The van der Waals surface area contributed by atoms with Crippen LogP contribution in [0.3, 0.4) is 0 Å². The van der Waals surface area contributed by atoms with E-state index in [1.807, 2.05) is 23.6 Å². The zero-order chi connectivity index (χ0) is 20.0. The lowest BCUT2D eigenvalue weighted by atomic mass is 10.0. The Morgan fingerprint density at radius 2 is 1.79 bits per heavy atom. The van der Waals surface area contributed by atoms with Gasteiger partial charge in [0.2, 0.25) is 0 Å². The van der Waals surface area contributed by atoms with E-state index in [9.17, 15) is 4.79 Å². The zero-order valence-corrected chi connectivity index (χ0v) is 17.2. The van der Waals surface area contributed by atoms with Crippen LogP contribution >= 0.6 is 11.3 Å². The predicted molar refractivity (Wildman–Crippen MR) is 122 cm³/mol. The molecule has 2 aromatic heterocycles. The fraction of sp³-hybridized carbons (Fsp3) is 0.120.